The Morgan fingerprint density at radius 1 is 0.972 bits per heavy atom. The van der Waals surface area contributed by atoms with E-state index in [1.807, 2.05) is 53.1 Å². The molecule has 5 aromatic rings. The number of H-pyrrole nitrogens is 1. The molecule has 182 valence electrons. The summed E-state index contributed by atoms with van der Waals surface area (Å²) in [7, 11) is 1.49. The van der Waals surface area contributed by atoms with E-state index in [-0.39, 0.29) is 18.2 Å². The largest absolute Gasteiger partial charge is 0.394 e. The summed E-state index contributed by atoms with van der Waals surface area (Å²) >= 11 is 0. The van der Waals surface area contributed by atoms with Crippen molar-refractivity contribution in [3.63, 3.8) is 0 Å². The Morgan fingerprint density at radius 3 is 2.39 bits per heavy atom. The van der Waals surface area contributed by atoms with Crippen molar-refractivity contribution in [3.05, 3.63) is 59.7 Å². The van der Waals surface area contributed by atoms with Crippen LogP contribution < -0.4 is 0 Å². The Morgan fingerprint density at radius 2 is 1.64 bits per heavy atom. The van der Waals surface area contributed by atoms with E-state index in [1.165, 1.54) is 7.05 Å². The second-order valence-corrected chi connectivity index (χ2v) is 9.56. The monoisotopic (exact) mass is 485 g/mol. The van der Waals surface area contributed by atoms with E-state index in [2.05, 4.69) is 4.98 Å². The van der Waals surface area contributed by atoms with Gasteiger partial charge in [-0.2, -0.15) is 0 Å². The molecule has 4 heterocycles. The van der Waals surface area contributed by atoms with E-state index < -0.39 is 31.1 Å². The molecule has 0 unspecified atom stereocenters. The van der Waals surface area contributed by atoms with Gasteiger partial charge >= 0.3 is 0 Å². The molecule has 0 saturated carbocycles. The Bertz CT molecular complexity index is 1750. The Hall–Kier alpha value is -3.76. The van der Waals surface area contributed by atoms with E-state index in [4.69, 9.17) is 4.74 Å². The second kappa shape index (κ2) is 7.37. The Balaban J connectivity index is 1.69. The van der Waals surface area contributed by atoms with Crippen molar-refractivity contribution in [2.45, 2.75) is 31.0 Å². The molecule has 7 rings (SSSR count). The molecular formula is C27H23N3O6. The van der Waals surface area contributed by atoms with Crippen LogP contribution in [0.15, 0.2) is 48.5 Å². The molecule has 2 aromatic heterocycles. The first-order chi connectivity index (χ1) is 17.4. The van der Waals surface area contributed by atoms with Gasteiger partial charge in [0.05, 0.1) is 40.4 Å². The minimum Gasteiger partial charge on any atom is -0.394 e. The highest BCUT2D eigenvalue weighted by atomic mass is 16.5. The first-order valence-corrected chi connectivity index (χ1v) is 11.9. The first-order valence-electron chi connectivity index (χ1n) is 11.9. The summed E-state index contributed by atoms with van der Waals surface area (Å²) < 4.78 is 8.03. The van der Waals surface area contributed by atoms with E-state index in [9.17, 15) is 24.9 Å². The van der Waals surface area contributed by atoms with E-state index in [0.29, 0.717) is 32.9 Å². The molecule has 2 aliphatic rings. The number of aliphatic hydroxyl groups is 3. The molecule has 4 N–H and O–H groups in total. The summed E-state index contributed by atoms with van der Waals surface area (Å²) in [6, 6.07) is 15.2. The third-order valence-electron chi connectivity index (χ3n) is 7.66. The van der Waals surface area contributed by atoms with Crippen LogP contribution in [0.25, 0.3) is 43.6 Å². The highest BCUT2D eigenvalue weighted by Crippen LogP contribution is 2.46. The molecule has 4 atom stereocenters. The van der Waals surface area contributed by atoms with Gasteiger partial charge < -0.3 is 29.6 Å². The van der Waals surface area contributed by atoms with E-state index >= 15 is 0 Å². The maximum atomic E-state index is 13.5. The minimum atomic E-state index is -1.22. The van der Waals surface area contributed by atoms with Gasteiger partial charge in [-0.25, -0.2) is 0 Å². The summed E-state index contributed by atoms with van der Waals surface area (Å²) in [6.07, 6.45) is -3.96. The van der Waals surface area contributed by atoms with Crippen molar-refractivity contribution < 1.29 is 29.6 Å². The molecule has 0 radical (unpaired) electrons. The van der Waals surface area contributed by atoms with Gasteiger partial charge in [0, 0.05) is 40.5 Å². The number of carbonyl (C=O) groups is 2. The smallest absolute Gasteiger partial charge is 0.262 e. The fourth-order valence-corrected chi connectivity index (χ4v) is 5.99. The number of amides is 2. The molecule has 3 aromatic carbocycles. The zero-order valence-electron chi connectivity index (χ0n) is 19.3. The van der Waals surface area contributed by atoms with Crippen molar-refractivity contribution in [2.75, 3.05) is 13.7 Å². The molecular weight excluding hydrogens is 462 g/mol. The maximum Gasteiger partial charge on any atom is 0.262 e. The van der Waals surface area contributed by atoms with Gasteiger partial charge in [0.25, 0.3) is 11.8 Å². The lowest BCUT2D eigenvalue weighted by atomic mass is 9.96. The number of hydrogen-bond acceptors (Lipinski definition) is 6. The van der Waals surface area contributed by atoms with Crippen LogP contribution in [0.2, 0.25) is 0 Å². The maximum absolute atomic E-state index is 13.5. The van der Waals surface area contributed by atoms with Gasteiger partial charge in [-0.15, -0.1) is 0 Å². The molecule has 9 nitrogen and oxygen atoms in total. The zero-order chi connectivity index (χ0) is 24.9. The average Bonchev–Trinajstić information content (AvgIpc) is 3.50. The number of para-hydroxylation sites is 2. The number of imide groups is 1. The molecule has 9 heteroatoms. The standard InChI is InChI=1S/C27H23N3O6/c1-29-26(34)21-19-12-6-2-4-8-14(12)28-23(19)24-20(22(21)27(29)35)13-7-3-5-9-15(13)30(24)18-10-16(32)25(33)17(11-31)36-18/h2-9,16-18,25,28,31-33H,10-11H2,1H3/t16-,17-,18-,25+/m1/s1. The van der Waals surface area contributed by atoms with Crippen LogP contribution in [-0.4, -0.2) is 73.6 Å². The number of aromatic nitrogens is 2. The predicted octanol–water partition coefficient (Wildman–Crippen LogP) is 2.66. The molecule has 0 spiro atoms. The molecule has 2 aliphatic heterocycles. The number of aliphatic hydroxyl groups excluding tert-OH is 3. The van der Waals surface area contributed by atoms with Crippen molar-refractivity contribution in [1.29, 1.82) is 0 Å². The summed E-state index contributed by atoms with van der Waals surface area (Å²) in [5.74, 6) is -0.723. The van der Waals surface area contributed by atoms with E-state index in [0.717, 1.165) is 26.7 Å². The second-order valence-electron chi connectivity index (χ2n) is 9.56. The third-order valence-corrected chi connectivity index (χ3v) is 7.66. The number of nitrogens with zero attached hydrogens (tertiary/aromatic N) is 2. The molecule has 1 fully saturated rings. The van der Waals surface area contributed by atoms with Crippen LogP contribution in [0, 0.1) is 0 Å². The van der Waals surface area contributed by atoms with Crippen molar-refractivity contribution in [3.8, 4) is 0 Å². The number of hydrogen-bond donors (Lipinski definition) is 4. The zero-order valence-corrected chi connectivity index (χ0v) is 19.3. The Labute approximate surface area is 204 Å². The fourth-order valence-electron chi connectivity index (χ4n) is 5.99. The summed E-state index contributed by atoms with van der Waals surface area (Å²) in [5, 5.41) is 33.6. The fraction of sp³-hybridized carbons (Fsp3) is 0.259. The minimum absolute atomic E-state index is 0.0804. The normalized spacial score (nSPS) is 24.6. The first kappa shape index (κ1) is 21.5. The lowest BCUT2D eigenvalue weighted by molar-refractivity contribution is -0.198. The number of ether oxygens (including phenoxy) is 1. The quantitative estimate of drug-likeness (QED) is 0.285. The number of aromatic amines is 1. The van der Waals surface area contributed by atoms with Gasteiger partial charge in [-0.3, -0.25) is 14.5 Å². The van der Waals surface area contributed by atoms with Crippen LogP contribution in [0.5, 0.6) is 0 Å². The van der Waals surface area contributed by atoms with Gasteiger partial charge in [0.15, 0.2) is 0 Å². The topological polar surface area (TPSA) is 128 Å². The molecule has 0 aliphatic carbocycles. The molecule has 36 heavy (non-hydrogen) atoms. The van der Waals surface area contributed by atoms with Gasteiger partial charge in [0.2, 0.25) is 0 Å². The average molecular weight is 485 g/mol. The van der Waals surface area contributed by atoms with Crippen LogP contribution in [0.3, 0.4) is 0 Å². The number of fused-ring (bicyclic) bond motifs is 10. The summed E-state index contributed by atoms with van der Waals surface area (Å²) in [5.41, 5.74) is 3.65. The predicted molar refractivity (Wildman–Crippen MR) is 133 cm³/mol. The van der Waals surface area contributed by atoms with Gasteiger partial charge in [-0.1, -0.05) is 36.4 Å². The lowest BCUT2D eigenvalue weighted by Gasteiger charge is -2.37. The SMILES string of the molecule is CN1C(=O)c2c(c3c4ccccc4n([C@H]4C[C@@H](O)[C@H](O)[C@@H](CO)O4)c3c3[nH]c4ccccc4c23)C1=O. The summed E-state index contributed by atoms with van der Waals surface area (Å²) in [6.45, 7) is -0.458. The third kappa shape index (κ3) is 2.57. The van der Waals surface area contributed by atoms with Gasteiger partial charge in [0.1, 0.15) is 18.4 Å². The number of benzene rings is 3. The van der Waals surface area contributed by atoms with Crippen LogP contribution in [0.1, 0.15) is 33.4 Å². The van der Waals surface area contributed by atoms with Crippen LogP contribution in [0.4, 0.5) is 0 Å². The molecule has 1 saturated heterocycles. The number of carbonyl (C=O) groups excluding carboxylic acids is 2. The van der Waals surface area contributed by atoms with Crippen LogP contribution in [-0.2, 0) is 4.74 Å². The highest BCUT2D eigenvalue weighted by molar-refractivity contribution is 6.39. The summed E-state index contributed by atoms with van der Waals surface area (Å²) in [4.78, 5) is 31.5. The molecule has 2 amide bonds. The van der Waals surface area contributed by atoms with Gasteiger partial charge in [-0.05, 0) is 12.1 Å². The van der Waals surface area contributed by atoms with Crippen molar-refractivity contribution in [2.24, 2.45) is 0 Å². The lowest BCUT2D eigenvalue weighted by Crippen LogP contribution is -2.48. The Kier molecular flexibility index (Phi) is 4.41. The van der Waals surface area contributed by atoms with E-state index in [1.54, 1.807) is 0 Å². The van der Waals surface area contributed by atoms with Crippen molar-refractivity contribution in [1.82, 2.24) is 14.5 Å². The van der Waals surface area contributed by atoms with Crippen LogP contribution >= 0.6 is 0 Å². The number of rotatable bonds is 2. The molecule has 0 bridgehead atoms. The number of nitrogens with one attached hydrogen (secondary N) is 1. The highest BCUT2D eigenvalue weighted by Gasteiger charge is 2.42. The van der Waals surface area contributed by atoms with Crippen molar-refractivity contribution >= 4 is 55.4 Å².